The third-order valence-corrected chi connectivity index (χ3v) is 7.44. The zero-order chi connectivity index (χ0) is 31.1. The van der Waals surface area contributed by atoms with E-state index in [0.29, 0.717) is 17.7 Å². The van der Waals surface area contributed by atoms with Crippen LogP contribution in [0.25, 0.3) is 0 Å². The molecule has 5 heteroatoms. The first-order valence-electron chi connectivity index (χ1n) is 15.3. The van der Waals surface area contributed by atoms with Crippen LogP contribution in [0.4, 0.5) is 0 Å². The van der Waals surface area contributed by atoms with Crippen molar-refractivity contribution in [1.82, 2.24) is 15.1 Å². The Bertz CT molecular complexity index is 1140. The van der Waals surface area contributed by atoms with Crippen LogP contribution < -0.4 is 5.32 Å². The second-order valence-electron chi connectivity index (χ2n) is 11.2. The van der Waals surface area contributed by atoms with E-state index in [1.807, 2.05) is 50.2 Å². The fraction of sp³-hybridized carbons (Fsp3) is 0.500. The molecule has 3 rings (SSSR count). The Labute approximate surface area is 251 Å². The first kappa shape index (κ1) is 35.7. The number of carbonyl (C=O) groups is 1. The molecule has 0 aliphatic carbocycles. The van der Waals surface area contributed by atoms with E-state index in [9.17, 15) is 4.79 Å². The van der Waals surface area contributed by atoms with Gasteiger partial charge in [0.25, 0.3) is 5.91 Å². The van der Waals surface area contributed by atoms with Gasteiger partial charge < -0.3 is 15.1 Å². The monoisotopic (exact) mass is 560 g/mol. The van der Waals surface area contributed by atoms with Crippen molar-refractivity contribution in [3.8, 4) is 0 Å². The summed E-state index contributed by atoms with van der Waals surface area (Å²) in [5.41, 5.74) is 8.46. The average molecular weight is 561 g/mol. The van der Waals surface area contributed by atoms with Crippen LogP contribution in [0.5, 0.6) is 0 Å². The number of dihydropyridines is 1. The molecular weight excluding hydrogens is 504 g/mol. The number of allylic oxidation sites excluding steroid dienone is 6. The van der Waals surface area contributed by atoms with Gasteiger partial charge in [-0.1, -0.05) is 84.2 Å². The molecular formula is C36H56N4O. The highest BCUT2D eigenvalue weighted by Crippen LogP contribution is 2.29. The maximum atomic E-state index is 11.8. The van der Waals surface area contributed by atoms with E-state index in [1.165, 1.54) is 59.2 Å². The Kier molecular flexibility index (Phi) is 15.8. The van der Waals surface area contributed by atoms with Crippen molar-refractivity contribution < 1.29 is 4.79 Å². The van der Waals surface area contributed by atoms with Gasteiger partial charge in [-0.05, 0) is 79.5 Å². The second-order valence-corrected chi connectivity index (χ2v) is 11.2. The molecule has 0 atom stereocenters. The van der Waals surface area contributed by atoms with E-state index in [2.05, 4.69) is 77.2 Å². The maximum absolute atomic E-state index is 11.8. The van der Waals surface area contributed by atoms with Gasteiger partial charge >= 0.3 is 0 Å². The van der Waals surface area contributed by atoms with Gasteiger partial charge in [-0.3, -0.25) is 10.2 Å². The van der Waals surface area contributed by atoms with E-state index < -0.39 is 0 Å². The molecule has 2 aliphatic heterocycles. The van der Waals surface area contributed by atoms with E-state index in [0.717, 1.165) is 12.1 Å². The minimum absolute atomic E-state index is 0.0732. The number of nitrogens with one attached hydrogen (secondary N) is 2. The number of benzene rings is 1. The number of hydrogen-bond donors (Lipinski definition) is 2. The van der Waals surface area contributed by atoms with Crippen LogP contribution in [0.1, 0.15) is 103 Å². The van der Waals surface area contributed by atoms with Gasteiger partial charge in [0.15, 0.2) is 0 Å². The minimum atomic E-state index is 0.0732. The number of nitrogens with zero attached hydrogens (tertiary/aromatic N) is 2. The summed E-state index contributed by atoms with van der Waals surface area (Å²) in [6, 6.07) is 8.14. The Morgan fingerprint density at radius 2 is 1.63 bits per heavy atom. The predicted octanol–water partition coefficient (Wildman–Crippen LogP) is 8.85. The lowest BCUT2D eigenvalue weighted by molar-refractivity contribution is 0.0827. The molecule has 0 radical (unpaired) electrons. The van der Waals surface area contributed by atoms with Crippen LogP contribution in [0.15, 0.2) is 82.8 Å². The number of amidine groups is 1. The predicted molar refractivity (Wildman–Crippen MR) is 178 cm³/mol. The van der Waals surface area contributed by atoms with Crippen molar-refractivity contribution in [3.63, 3.8) is 0 Å². The van der Waals surface area contributed by atoms with Crippen LogP contribution in [0.3, 0.4) is 0 Å². The largest absolute Gasteiger partial charge is 0.365 e. The van der Waals surface area contributed by atoms with Crippen molar-refractivity contribution in [2.45, 2.75) is 87.0 Å². The van der Waals surface area contributed by atoms with Crippen LogP contribution in [0.2, 0.25) is 0 Å². The third kappa shape index (κ3) is 10.9. The number of rotatable bonds is 8. The van der Waals surface area contributed by atoms with Crippen molar-refractivity contribution in [2.24, 2.45) is 5.92 Å². The summed E-state index contributed by atoms with van der Waals surface area (Å²) in [6.07, 6.45) is 15.2. The zero-order valence-corrected chi connectivity index (χ0v) is 27.7. The minimum Gasteiger partial charge on any atom is -0.365 e. The molecule has 2 aliphatic rings. The molecule has 0 aromatic heterocycles. The molecule has 0 spiro atoms. The number of amides is 1. The molecule has 0 unspecified atom stereocenters. The molecule has 1 aromatic carbocycles. The zero-order valence-electron chi connectivity index (χ0n) is 27.7. The standard InChI is InChI=1S/C18H25N3.C16H25NO.C2H6/c1-12(2)13(3)10-17-14(4)20-9-8-16(17)15-6-7-18(19)21(5)11-15;1-5-7-13(8-6-2)14-9-11-15(12-10-14)16(18)17(3)4;1-2/h6-10,12,19-20H,11H2,1-5H3;9-13H,5-8H2,1-4H3;1-2H3/b13-10+,16-15+,19-18?;;. The Hall–Kier alpha value is -3.34. The molecule has 0 fully saturated rings. The lowest BCUT2D eigenvalue weighted by atomic mass is 9.90. The fourth-order valence-corrected chi connectivity index (χ4v) is 4.69. The highest BCUT2D eigenvalue weighted by Gasteiger charge is 2.17. The first-order chi connectivity index (χ1) is 19.5. The molecule has 5 nitrogen and oxygen atoms in total. The summed E-state index contributed by atoms with van der Waals surface area (Å²) in [4.78, 5) is 15.4. The lowest BCUT2D eigenvalue weighted by Gasteiger charge is -2.26. The SMILES string of the molecule is CC.CC1=C(/C=C(\C)C(C)C)/C(=C2\C=CC(=N)N(C)C2)C=CN1.CCCC(CCC)c1ccc(C(=O)N(C)C)cc1. The van der Waals surface area contributed by atoms with Crippen molar-refractivity contribution in [2.75, 3.05) is 27.7 Å². The lowest BCUT2D eigenvalue weighted by Crippen LogP contribution is -2.30. The molecule has 0 saturated carbocycles. The van der Waals surface area contributed by atoms with Gasteiger partial charge in [0.05, 0.1) is 0 Å². The van der Waals surface area contributed by atoms with Gasteiger partial charge in [-0.2, -0.15) is 0 Å². The van der Waals surface area contributed by atoms with E-state index in [-0.39, 0.29) is 5.91 Å². The quantitative estimate of drug-likeness (QED) is 0.334. The first-order valence-corrected chi connectivity index (χ1v) is 15.3. The van der Waals surface area contributed by atoms with Crippen LogP contribution in [0, 0.1) is 11.3 Å². The molecule has 1 aromatic rings. The third-order valence-electron chi connectivity index (χ3n) is 7.44. The molecule has 2 heterocycles. The molecule has 41 heavy (non-hydrogen) atoms. The molecule has 1 amide bonds. The van der Waals surface area contributed by atoms with Gasteiger partial charge in [-0.15, -0.1) is 0 Å². The van der Waals surface area contributed by atoms with Crippen LogP contribution in [-0.2, 0) is 0 Å². The summed E-state index contributed by atoms with van der Waals surface area (Å²) in [7, 11) is 5.53. The maximum Gasteiger partial charge on any atom is 0.253 e. The average Bonchev–Trinajstić information content (AvgIpc) is 2.96. The summed E-state index contributed by atoms with van der Waals surface area (Å²) in [6.45, 7) is 18.0. The number of carbonyl (C=O) groups excluding carboxylic acids is 1. The van der Waals surface area contributed by atoms with Gasteiger partial charge in [0, 0.05) is 50.7 Å². The second kappa shape index (κ2) is 18.2. The highest BCUT2D eigenvalue weighted by atomic mass is 16.2. The Morgan fingerprint density at radius 3 is 2.12 bits per heavy atom. The normalized spacial score (nSPS) is 16.8. The summed E-state index contributed by atoms with van der Waals surface area (Å²) < 4.78 is 0. The Morgan fingerprint density at radius 1 is 1.05 bits per heavy atom. The van der Waals surface area contributed by atoms with Crippen molar-refractivity contribution in [1.29, 1.82) is 5.41 Å². The topological polar surface area (TPSA) is 59.4 Å². The van der Waals surface area contributed by atoms with Crippen molar-refractivity contribution >= 4 is 11.7 Å². The fourth-order valence-electron chi connectivity index (χ4n) is 4.69. The summed E-state index contributed by atoms with van der Waals surface area (Å²) >= 11 is 0. The molecule has 0 saturated heterocycles. The smallest absolute Gasteiger partial charge is 0.253 e. The number of hydrogen-bond acceptors (Lipinski definition) is 3. The van der Waals surface area contributed by atoms with Crippen LogP contribution >= 0.6 is 0 Å². The van der Waals surface area contributed by atoms with Gasteiger partial charge in [-0.25, -0.2) is 0 Å². The molecule has 0 bridgehead atoms. The van der Waals surface area contributed by atoms with E-state index in [1.54, 1.807) is 19.0 Å². The van der Waals surface area contributed by atoms with E-state index >= 15 is 0 Å². The Balaban J connectivity index is 0.000000391. The molecule has 226 valence electrons. The van der Waals surface area contributed by atoms with E-state index in [4.69, 9.17) is 5.41 Å². The molecule has 2 N–H and O–H groups in total. The van der Waals surface area contributed by atoms with Gasteiger partial charge in [0.1, 0.15) is 5.84 Å². The van der Waals surface area contributed by atoms with Crippen LogP contribution in [-0.4, -0.2) is 49.2 Å². The van der Waals surface area contributed by atoms with Gasteiger partial charge in [0.2, 0.25) is 0 Å². The summed E-state index contributed by atoms with van der Waals surface area (Å²) in [5, 5.41) is 11.1. The number of likely N-dealkylation sites (N-methyl/N-ethyl adjacent to an activating group) is 1. The van der Waals surface area contributed by atoms with Crippen molar-refractivity contribution in [3.05, 3.63) is 93.9 Å². The summed E-state index contributed by atoms with van der Waals surface area (Å²) in [5.74, 6) is 1.82. The highest BCUT2D eigenvalue weighted by molar-refractivity contribution is 5.94.